The molecular formula is C64H44N2. The Morgan fingerprint density at radius 2 is 0.788 bits per heavy atom. The molecule has 0 N–H and O–H groups in total. The second kappa shape index (κ2) is 16.8. The van der Waals surface area contributed by atoms with E-state index < -0.39 is 0 Å². The second-order valence-electron chi connectivity index (χ2n) is 16.9. The molecule has 0 atom stereocenters. The van der Waals surface area contributed by atoms with E-state index in [2.05, 4.69) is 276 Å². The lowest BCUT2D eigenvalue weighted by Crippen LogP contribution is -2.11. The van der Waals surface area contributed by atoms with Crippen LogP contribution in [-0.2, 0) is 0 Å². The van der Waals surface area contributed by atoms with Crippen LogP contribution in [0, 0.1) is 0 Å². The zero-order valence-corrected chi connectivity index (χ0v) is 36.3. The molecule has 0 aliphatic heterocycles. The number of anilines is 3. The second-order valence-corrected chi connectivity index (χ2v) is 16.9. The van der Waals surface area contributed by atoms with Gasteiger partial charge in [0.05, 0.1) is 16.7 Å². The van der Waals surface area contributed by atoms with E-state index in [-0.39, 0.29) is 0 Å². The van der Waals surface area contributed by atoms with Gasteiger partial charge in [0, 0.05) is 39.0 Å². The zero-order chi connectivity index (χ0) is 43.8. The lowest BCUT2D eigenvalue weighted by molar-refractivity contribution is 1.18. The molecule has 1 heterocycles. The van der Waals surface area contributed by atoms with Crippen LogP contribution in [0.15, 0.2) is 267 Å². The third-order valence-electron chi connectivity index (χ3n) is 13.0. The summed E-state index contributed by atoms with van der Waals surface area (Å²) in [6, 6.07) is 96.8. The van der Waals surface area contributed by atoms with Crippen LogP contribution in [0.25, 0.3) is 93.9 Å². The molecule has 0 fully saturated rings. The van der Waals surface area contributed by atoms with Crippen molar-refractivity contribution >= 4 is 49.6 Å². The highest BCUT2D eigenvalue weighted by Gasteiger charge is 2.22. The lowest BCUT2D eigenvalue weighted by Gasteiger charge is -2.28. The van der Waals surface area contributed by atoms with Crippen LogP contribution in [0.3, 0.4) is 0 Å². The Balaban J connectivity index is 0.996. The molecule has 11 aromatic carbocycles. The summed E-state index contributed by atoms with van der Waals surface area (Å²) in [4.78, 5) is 2.42. The molecule has 0 aliphatic rings. The molecular weight excluding hydrogens is 797 g/mol. The van der Waals surface area contributed by atoms with Gasteiger partial charge in [-0.15, -0.1) is 0 Å². The molecule has 0 bridgehead atoms. The van der Waals surface area contributed by atoms with Crippen LogP contribution in [-0.4, -0.2) is 4.57 Å². The molecule has 12 aromatic rings. The van der Waals surface area contributed by atoms with Crippen LogP contribution >= 0.6 is 0 Å². The van der Waals surface area contributed by atoms with Gasteiger partial charge in [0.2, 0.25) is 0 Å². The number of hydrogen-bond acceptors (Lipinski definition) is 1. The quantitative estimate of drug-likeness (QED) is 0.141. The monoisotopic (exact) mass is 840 g/mol. The van der Waals surface area contributed by atoms with Crippen LogP contribution in [0.1, 0.15) is 0 Å². The van der Waals surface area contributed by atoms with Gasteiger partial charge in [-0.25, -0.2) is 0 Å². The summed E-state index contributed by atoms with van der Waals surface area (Å²) in [6.07, 6.45) is 0. The van der Waals surface area contributed by atoms with Crippen molar-refractivity contribution < 1.29 is 0 Å². The molecule has 310 valence electrons. The van der Waals surface area contributed by atoms with E-state index >= 15 is 0 Å². The standard InChI is InChI=1S/C64H44N2/c1-4-18-48(19-5-1)57-29-12-13-34-61(57)65(53-42-40-46(41-43-53)45-36-38-50(39-37-45)56-30-15-23-47-22-10-11-28-55(47)56)54-27-14-24-51(44-54)58-31-17-35-62-63(58)60-33-16-32-59(49-20-6-2-7-21-49)64(60)66(62)52-25-8-3-9-26-52/h1-44H. The molecule has 1 aromatic heterocycles. The fourth-order valence-electron chi connectivity index (χ4n) is 9.95. The zero-order valence-electron chi connectivity index (χ0n) is 36.3. The number of para-hydroxylation sites is 3. The van der Waals surface area contributed by atoms with Gasteiger partial charge in [-0.3, -0.25) is 0 Å². The Morgan fingerprint density at radius 3 is 1.56 bits per heavy atom. The van der Waals surface area contributed by atoms with E-state index in [1.54, 1.807) is 0 Å². The van der Waals surface area contributed by atoms with Gasteiger partial charge in [-0.05, 0) is 104 Å². The molecule has 66 heavy (non-hydrogen) atoms. The van der Waals surface area contributed by atoms with Crippen molar-refractivity contribution in [3.05, 3.63) is 267 Å². The maximum absolute atomic E-state index is 2.45. The largest absolute Gasteiger partial charge is 0.310 e. The van der Waals surface area contributed by atoms with Crippen molar-refractivity contribution in [1.29, 1.82) is 0 Å². The average molecular weight is 841 g/mol. The van der Waals surface area contributed by atoms with Crippen molar-refractivity contribution in [2.75, 3.05) is 4.90 Å². The van der Waals surface area contributed by atoms with E-state index in [4.69, 9.17) is 0 Å². The minimum absolute atomic E-state index is 1.08. The normalized spacial score (nSPS) is 11.3. The number of hydrogen-bond donors (Lipinski definition) is 0. The van der Waals surface area contributed by atoms with Crippen molar-refractivity contribution in [2.24, 2.45) is 0 Å². The Bertz CT molecular complexity index is 3660. The number of aromatic nitrogens is 1. The van der Waals surface area contributed by atoms with Crippen molar-refractivity contribution in [1.82, 2.24) is 4.57 Å². The SMILES string of the molecule is c1ccc(-c2ccccc2N(c2ccc(-c3ccc(-c4cccc5ccccc45)cc3)cc2)c2cccc(-c3cccc4c3c3cccc(-c5ccccc5)c3n4-c3ccccc3)c2)cc1. The van der Waals surface area contributed by atoms with E-state index in [0.29, 0.717) is 0 Å². The van der Waals surface area contributed by atoms with Crippen molar-refractivity contribution in [3.8, 4) is 61.3 Å². The molecule has 0 spiro atoms. The van der Waals surface area contributed by atoms with Gasteiger partial charge in [0.15, 0.2) is 0 Å². The Kier molecular flexibility index (Phi) is 9.89. The molecule has 2 heteroatoms. The summed E-state index contributed by atoms with van der Waals surface area (Å²) in [5.41, 5.74) is 18.7. The van der Waals surface area contributed by atoms with Gasteiger partial charge in [-0.2, -0.15) is 0 Å². The summed E-state index contributed by atoms with van der Waals surface area (Å²) in [6.45, 7) is 0. The van der Waals surface area contributed by atoms with Gasteiger partial charge in [0.25, 0.3) is 0 Å². The Labute approximate surface area is 385 Å². The fourth-order valence-corrected chi connectivity index (χ4v) is 9.95. The fraction of sp³-hybridized carbons (Fsp3) is 0. The maximum Gasteiger partial charge on any atom is 0.0619 e. The minimum Gasteiger partial charge on any atom is -0.310 e. The number of rotatable bonds is 9. The molecule has 0 aliphatic carbocycles. The molecule has 0 radical (unpaired) electrons. The van der Waals surface area contributed by atoms with Crippen LogP contribution in [0.5, 0.6) is 0 Å². The number of fused-ring (bicyclic) bond motifs is 4. The van der Waals surface area contributed by atoms with E-state index in [0.717, 1.165) is 33.9 Å². The molecule has 0 unspecified atom stereocenters. The van der Waals surface area contributed by atoms with E-state index in [1.165, 1.54) is 77.1 Å². The topological polar surface area (TPSA) is 8.17 Å². The molecule has 2 nitrogen and oxygen atoms in total. The number of nitrogens with zero attached hydrogens (tertiary/aromatic N) is 2. The maximum atomic E-state index is 2.45. The summed E-state index contributed by atoms with van der Waals surface area (Å²) in [5, 5.41) is 4.98. The van der Waals surface area contributed by atoms with Gasteiger partial charge >= 0.3 is 0 Å². The summed E-state index contributed by atoms with van der Waals surface area (Å²) in [7, 11) is 0. The lowest BCUT2D eigenvalue weighted by atomic mass is 9.96. The highest BCUT2D eigenvalue weighted by atomic mass is 15.1. The van der Waals surface area contributed by atoms with Gasteiger partial charge < -0.3 is 9.47 Å². The molecule has 0 saturated heterocycles. The highest BCUT2D eigenvalue weighted by Crippen LogP contribution is 2.46. The predicted octanol–water partition coefficient (Wildman–Crippen LogP) is 17.7. The van der Waals surface area contributed by atoms with Crippen molar-refractivity contribution in [3.63, 3.8) is 0 Å². The Morgan fingerprint density at radius 1 is 0.288 bits per heavy atom. The van der Waals surface area contributed by atoms with Crippen LogP contribution in [0.2, 0.25) is 0 Å². The third-order valence-corrected chi connectivity index (χ3v) is 13.0. The number of benzene rings is 11. The highest BCUT2D eigenvalue weighted by molar-refractivity contribution is 6.19. The molecule has 0 amide bonds. The smallest absolute Gasteiger partial charge is 0.0619 e. The van der Waals surface area contributed by atoms with Crippen LogP contribution in [0.4, 0.5) is 17.1 Å². The van der Waals surface area contributed by atoms with Crippen LogP contribution < -0.4 is 4.90 Å². The van der Waals surface area contributed by atoms with E-state index in [1.807, 2.05) is 0 Å². The summed E-state index contributed by atoms with van der Waals surface area (Å²) in [5.74, 6) is 0. The first-order valence-corrected chi connectivity index (χ1v) is 22.7. The third kappa shape index (κ3) is 6.93. The Hall–Kier alpha value is -8.72. The molecule has 0 saturated carbocycles. The van der Waals surface area contributed by atoms with Crippen molar-refractivity contribution in [2.45, 2.75) is 0 Å². The summed E-state index contributed by atoms with van der Waals surface area (Å²) >= 11 is 0. The average Bonchev–Trinajstić information content (AvgIpc) is 3.75. The van der Waals surface area contributed by atoms with E-state index in [9.17, 15) is 0 Å². The summed E-state index contributed by atoms with van der Waals surface area (Å²) < 4.78 is 2.45. The predicted molar refractivity (Wildman–Crippen MR) is 280 cm³/mol. The first-order valence-electron chi connectivity index (χ1n) is 22.7. The van der Waals surface area contributed by atoms with Gasteiger partial charge in [0.1, 0.15) is 0 Å². The first kappa shape index (κ1) is 38.9. The molecule has 12 rings (SSSR count). The van der Waals surface area contributed by atoms with Gasteiger partial charge in [-0.1, -0.05) is 218 Å². The first-order chi connectivity index (χ1) is 32.8. The minimum atomic E-state index is 1.08.